The zero-order valence-corrected chi connectivity index (χ0v) is 17.5. The zero-order valence-electron chi connectivity index (χ0n) is 16.6. The van der Waals surface area contributed by atoms with Crippen LogP contribution in [0.3, 0.4) is 0 Å². The van der Waals surface area contributed by atoms with Crippen LogP contribution in [0.1, 0.15) is 25.7 Å². The highest BCUT2D eigenvalue weighted by atomic mass is 32.1. The molecule has 0 saturated carbocycles. The Kier molecular flexibility index (Phi) is 11.2. The Morgan fingerprint density at radius 2 is 1.23 bits per heavy atom. The second-order valence-electron chi connectivity index (χ2n) is 7.51. The molecule has 0 aromatic heterocycles. The summed E-state index contributed by atoms with van der Waals surface area (Å²) in [6.07, 6.45) is -10.8. The quantitative estimate of drug-likeness (QED) is 0.118. The largest absolute Gasteiger partial charge is 0.394 e. The van der Waals surface area contributed by atoms with Gasteiger partial charge in [0.25, 0.3) is 0 Å². The van der Waals surface area contributed by atoms with E-state index in [1.54, 1.807) is 0 Å². The van der Waals surface area contributed by atoms with E-state index in [0.29, 0.717) is 6.42 Å². The molecule has 2 fully saturated rings. The van der Waals surface area contributed by atoms with E-state index >= 15 is 0 Å². The average molecular weight is 459 g/mol. The first-order valence-electron chi connectivity index (χ1n) is 10.2. The van der Waals surface area contributed by atoms with E-state index < -0.39 is 74.6 Å². The zero-order chi connectivity index (χ0) is 22.3. The first kappa shape index (κ1) is 26.2. The van der Waals surface area contributed by atoms with Gasteiger partial charge in [0, 0.05) is 6.61 Å². The Morgan fingerprint density at radius 3 is 1.83 bits per heavy atom. The number of aliphatic hydroxyl groups excluding tert-OH is 7. The minimum atomic E-state index is -1.69. The van der Waals surface area contributed by atoms with Gasteiger partial charge in [-0.05, 0) is 18.6 Å². The molecule has 0 spiro atoms. The molecule has 0 aliphatic carbocycles. The Labute approximate surface area is 180 Å². The summed E-state index contributed by atoms with van der Waals surface area (Å²) in [4.78, 5) is 0. The summed E-state index contributed by atoms with van der Waals surface area (Å²) in [5.74, 6) is 0.796. The number of hydrogen-bond acceptors (Lipinski definition) is 12. The lowest BCUT2D eigenvalue weighted by molar-refractivity contribution is -0.367. The van der Waals surface area contributed by atoms with Crippen LogP contribution in [-0.4, -0.2) is 123 Å². The minimum absolute atomic E-state index is 0.257. The van der Waals surface area contributed by atoms with E-state index in [1.807, 2.05) is 0 Å². The third-order valence-electron chi connectivity index (χ3n) is 5.30. The van der Waals surface area contributed by atoms with Crippen molar-refractivity contribution in [2.24, 2.45) is 0 Å². The van der Waals surface area contributed by atoms with Crippen LogP contribution in [0.15, 0.2) is 0 Å². The van der Waals surface area contributed by atoms with Gasteiger partial charge < -0.3 is 54.7 Å². The molecule has 0 radical (unpaired) electrons. The molecule has 7 N–H and O–H groups in total. The van der Waals surface area contributed by atoms with Crippen molar-refractivity contribution in [3.8, 4) is 0 Å². The molecule has 178 valence electrons. The third kappa shape index (κ3) is 6.47. The summed E-state index contributed by atoms with van der Waals surface area (Å²) in [5, 5.41) is 69.3. The first-order valence-corrected chi connectivity index (χ1v) is 10.8. The molecule has 2 saturated heterocycles. The number of ether oxygens (including phenoxy) is 4. The lowest BCUT2D eigenvalue weighted by Crippen LogP contribution is -2.64. The summed E-state index contributed by atoms with van der Waals surface area (Å²) in [7, 11) is 0. The van der Waals surface area contributed by atoms with E-state index in [0.717, 1.165) is 25.0 Å². The van der Waals surface area contributed by atoms with E-state index in [9.17, 15) is 35.7 Å². The second kappa shape index (κ2) is 12.8. The highest BCUT2D eigenvalue weighted by molar-refractivity contribution is 7.80. The molecule has 30 heavy (non-hydrogen) atoms. The van der Waals surface area contributed by atoms with Crippen molar-refractivity contribution >= 4 is 12.6 Å². The fourth-order valence-corrected chi connectivity index (χ4v) is 3.66. The van der Waals surface area contributed by atoms with E-state index in [2.05, 4.69) is 12.6 Å². The van der Waals surface area contributed by atoms with Crippen molar-refractivity contribution in [1.29, 1.82) is 0 Å². The molecule has 0 amide bonds. The van der Waals surface area contributed by atoms with E-state index in [1.165, 1.54) is 0 Å². The standard InChI is InChI=1S/C18H34O11S/c19-7-9-11(21)13(23)15(25)17(27-9)29-16-14(24)12(22)10(8-20)28-18(16)26-5-3-1-2-4-6-30/h9-25,30H,1-8H2/t9-,10-,11-,12-,13+,14+,15+,16+,17-,18+/m1/s1. The monoisotopic (exact) mass is 458 g/mol. The van der Waals surface area contributed by atoms with Crippen LogP contribution in [0.25, 0.3) is 0 Å². The highest BCUT2D eigenvalue weighted by Gasteiger charge is 2.50. The minimum Gasteiger partial charge on any atom is -0.394 e. The predicted octanol–water partition coefficient (Wildman–Crippen LogP) is -2.88. The fraction of sp³-hybridized carbons (Fsp3) is 1.00. The fourth-order valence-electron chi connectivity index (χ4n) is 3.44. The number of rotatable bonds is 11. The Balaban J connectivity index is 2.04. The molecule has 2 aliphatic rings. The van der Waals surface area contributed by atoms with Gasteiger partial charge in [-0.25, -0.2) is 0 Å². The van der Waals surface area contributed by atoms with Crippen molar-refractivity contribution < 1.29 is 54.7 Å². The van der Waals surface area contributed by atoms with Crippen LogP contribution in [0.4, 0.5) is 0 Å². The summed E-state index contributed by atoms with van der Waals surface area (Å²) >= 11 is 4.15. The molecule has 0 aromatic carbocycles. The number of hydrogen-bond donors (Lipinski definition) is 8. The van der Waals surface area contributed by atoms with Gasteiger partial charge in [-0.15, -0.1) is 0 Å². The molecule has 0 unspecified atom stereocenters. The topological polar surface area (TPSA) is 179 Å². The molecule has 2 rings (SSSR count). The lowest BCUT2D eigenvalue weighted by atomic mass is 9.97. The van der Waals surface area contributed by atoms with Crippen molar-refractivity contribution in [1.82, 2.24) is 0 Å². The highest BCUT2D eigenvalue weighted by Crippen LogP contribution is 2.29. The van der Waals surface area contributed by atoms with Crippen molar-refractivity contribution in [2.45, 2.75) is 87.1 Å². The smallest absolute Gasteiger partial charge is 0.187 e. The first-order chi connectivity index (χ1) is 14.3. The van der Waals surface area contributed by atoms with Gasteiger partial charge in [-0.1, -0.05) is 12.8 Å². The molecule has 0 bridgehead atoms. The van der Waals surface area contributed by atoms with Crippen LogP contribution in [0, 0.1) is 0 Å². The Morgan fingerprint density at radius 1 is 0.667 bits per heavy atom. The number of aliphatic hydroxyl groups is 7. The molecular weight excluding hydrogens is 424 g/mol. The summed E-state index contributed by atoms with van der Waals surface area (Å²) < 4.78 is 22.0. The van der Waals surface area contributed by atoms with Crippen LogP contribution >= 0.6 is 12.6 Å². The van der Waals surface area contributed by atoms with Gasteiger partial charge in [0.05, 0.1) is 13.2 Å². The van der Waals surface area contributed by atoms with Crippen molar-refractivity contribution in [2.75, 3.05) is 25.6 Å². The average Bonchev–Trinajstić information content (AvgIpc) is 2.75. The molecular formula is C18H34O11S. The van der Waals surface area contributed by atoms with Crippen LogP contribution in [0.5, 0.6) is 0 Å². The summed E-state index contributed by atoms with van der Waals surface area (Å²) in [6.45, 7) is -0.949. The molecule has 2 heterocycles. The SMILES string of the molecule is OC[C@H]1O[C@H](O[C@@H]2[C@@H](OCCCCCCS)O[C@H](CO)[C@@H](O)[C@@H]2O)[C@@H](O)[C@@H](O)[C@@H]1O. The maximum Gasteiger partial charge on any atom is 0.187 e. The third-order valence-corrected chi connectivity index (χ3v) is 5.62. The molecule has 2 aliphatic heterocycles. The van der Waals surface area contributed by atoms with Crippen LogP contribution in [0.2, 0.25) is 0 Å². The van der Waals surface area contributed by atoms with Gasteiger partial charge in [0.1, 0.15) is 48.8 Å². The molecule has 10 atom stereocenters. The maximum atomic E-state index is 10.5. The van der Waals surface area contributed by atoms with Gasteiger partial charge >= 0.3 is 0 Å². The van der Waals surface area contributed by atoms with Crippen LogP contribution in [-0.2, 0) is 18.9 Å². The Bertz CT molecular complexity index is 485. The van der Waals surface area contributed by atoms with Crippen molar-refractivity contribution in [3.05, 3.63) is 0 Å². The molecule has 11 nitrogen and oxygen atoms in total. The Hall–Kier alpha value is -0.0900. The summed E-state index contributed by atoms with van der Waals surface area (Å²) in [5.41, 5.74) is 0. The molecule has 12 heteroatoms. The summed E-state index contributed by atoms with van der Waals surface area (Å²) in [6, 6.07) is 0. The van der Waals surface area contributed by atoms with Gasteiger partial charge in [-0.2, -0.15) is 12.6 Å². The van der Waals surface area contributed by atoms with E-state index in [-0.39, 0.29) is 6.61 Å². The van der Waals surface area contributed by atoms with E-state index in [4.69, 9.17) is 18.9 Å². The molecule has 0 aromatic rings. The van der Waals surface area contributed by atoms with Gasteiger partial charge in [0.2, 0.25) is 0 Å². The number of unbranched alkanes of at least 4 members (excludes halogenated alkanes) is 3. The normalized spacial score (nSPS) is 42.4. The maximum absolute atomic E-state index is 10.5. The van der Waals surface area contributed by atoms with Gasteiger partial charge in [-0.3, -0.25) is 0 Å². The lowest BCUT2D eigenvalue weighted by Gasteiger charge is -2.45. The number of thiol groups is 1. The second-order valence-corrected chi connectivity index (χ2v) is 7.96. The van der Waals surface area contributed by atoms with Crippen LogP contribution < -0.4 is 0 Å². The predicted molar refractivity (Wildman–Crippen MR) is 105 cm³/mol. The van der Waals surface area contributed by atoms with Crippen molar-refractivity contribution in [3.63, 3.8) is 0 Å². The van der Waals surface area contributed by atoms with Gasteiger partial charge in [0.15, 0.2) is 12.6 Å².